The van der Waals surface area contributed by atoms with Gasteiger partial charge < -0.3 is 10.1 Å². The van der Waals surface area contributed by atoms with Gasteiger partial charge in [0.15, 0.2) is 0 Å². The fourth-order valence-electron chi connectivity index (χ4n) is 1.29. The van der Waals surface area contributed by atoms with Crippen LogP contribution >= 0.6 is 15.9 Å². The minimum atomic E-state index is 0.00454. The molecule has 0 bridgehead atoms. The maximum atomic E-state index is 11.0. The second-order valence-corrected chi connectivity index (χ2v) is 3.61. The van der Waals surface area contributed by atoms with Crippen molar-refractivity contribution < 1.29 is 9.53 Å². The molecule has 0 aliphatic heterocycles. The van der Waals surface area contributed by atoms with Crippen LogP contribution in [-0.4, -0.2) is 24.9 Å². The van der Waals surface area contributed by atoms with E-state index in [4.69, 9.17) is 4.74 Å². The third-order valence-corrected chi connectivity index (χ3v) is 2.54. The van der Waals surface area contributed by atoms with E-state index in [0.29, 0.717) is 11.9 Å². The standard InChI is InChI=1S/C11H14BrNO2/c1-15-10-5-3-2-4-9(10)6-7-13-11(14)8-12/h2-5H,6-8H2,1H3,(H,13,14). The van der Waals surface area contributed by atoms with Crippen molar-refractivity contribution >= 4 is 21.8 Å². The molecule has 3 nitrogen and oxygen atoms in total. The Bertz CT molecular complexity index is 328. The fraction of sp³-hybridized carbons (Fsp3) is 0.364. The van der Waals surface area contributed by atoms with E-state index in [1.807, 2.05) is 24.3 Å². The maximum absolute atomic E-state index is 11.0. The van der Waals surface area contributed by atoms with Crippen LogP contribution in [0.5, 0.6) is 5.75 Å². The van der Waals surface area contributed by atoms with Crippen molar-refractivity contribution in [2.45, 2.75) is 6.42 Å². The van der Waals surface area contributed by atoms with Crippen molar-refractivity contribution in [1.82, 2.24) is 5.32 Å². The van der Waals surface area contributed by atoms with Crippen molar-refractivity contribution in [1.29, 1.82) is 0 Å². The van der Waals surface area contributed by atoms with E-state index in [2.05, 4.69) is 21.2 Å². The van der Waals surface area contributed by atoms with Crippen LogP contribution in [0, 0.1) is 0 Å². The van der Waals surface area contributed by atoms with Gasteiger partial charge in [-0.1, -0.05) is 34.1 Å². The van der Waals surface area contributed by atoms with E-state index in [9.17, 15) is 4.79 Å². The molecule has 4 heteroatoms. The number of hydrogen-bond donors (Lipinski definition) is 1. The minimum Gasteiger partial charge on any atom is -0.496 e. The molecule has 0 radical (unpaired) electrons. The minimum absolute atomic E-state index is 0.00454. The van der Waals surface area contributed by atoms with Crippen LogP contribution in [0.2, 0.25) is 0 Å². The number of nitrogens with one attached hydrogen (secondary N) is 1. The van der Waals surface area contributed by atoms with E-state index in [-0.39, 0.29) is 5.91 Å². The first kappa shape index (κ1) is 12.0. The van der Waals surface area contributed by atoms with Gasteiger partial charge in [0, 0.05) is 6.54 Å². The van der Waals surface area contributed by atoms with Gasteiger partial charge in [-0.05, 0) is 18.1 Å². The molecule has 15 heavy (non-hydrogen) atoms. The first-order valence-electron chi connectivity index (χ1n) is 4.72. The molecular weight excluding hydrogens is 258 g/mol. The van der Waals surface area contributed by atoms with Crippen LogP contribution in [-0.2, 0) is 11.2 Å². The van der Waals surface area contributed by atoms with Crippen LogP contribution in [0.25, 0.3) is 0 Å². The average Bonchev–Trinajstić information content (AvgIpc) is 2.29. The lowest BCUT2D eigenvalue weighted by Crippen LogP contribution is -2.26. The summed E-state index contributed by atoms with van der Waals surface area (Å²) in [7, 11) is 1.65. The zero-order valence-corrected chi connectivity index (χ0v) is 10.2. The summed E-state index contributed by atoms with van der Waals surface area (Å²) < 4.78 is 5.21. The molecule has 0 aromatic heterocycles. The molecule has 0 unspecified atom stereocenters. The molecule has 0 atom stereocenters. The Morgan fingerprint density at radius 2 is 2.20 bits per heavy atom. The van der Waals surface area contributed by atoms with Crippen LogP contribution in [0.1, 0.15) is 5.56 Å². The van der Waals surface area contributed by atoms with E-state index in [1.165, 1.54) is 0 Å². The molecule has 0 saturated heterocycles. The summed E-state index contributed by atoms with van der Waals surface area (Å²) in [5.41, 5.74) is 1.11. The molecule has 0 fully saturated rings. The number of hydrogen-bond acceptors (Lipinski definition) is 2. The summed E-state index contributed by atoms with van der Waals surface area (Å²) >= 11 is 3.09. The monoisotopic (exact) mass is 271 g/mol. The Labute approximate surface area is 97.9 Å². The quantitative estimate of drug-likeness (QED) is 0.829. The molecule has 0 spiro atoms. The SMILES string of the molecule is COc1ccccc1CCNC(=O)CBr. The smallest absolute Gasteiger partial charge is 0.230 e. The van der Waals surface area contributed by atoms with Crippen molar-refractivity contribution in [3.63, 3.8) is 0 Å². The Morgan fingerprint density at radius 1 is 1.47 bits per heavy atom. The fourth-order valence-corrected chi connectivity index (χ4v) is 1.49. The lowest BCUT2D eigenvalue weighted by molar-refractivity contribution is -0.118. The van der Waals surface area contributed by atoms with Gasteiger partial charge >= 0.3 is 0 Å². The molecule has 1 rings (SSSR count). The third kappa shape index (κ3) is 3.91. The number of methoxy groups -OCH3 is 1. The summed E-state index contributed by atoms with van der Waals surface area (Å²) in [6, 6.07) is 7.81. The van der Waals surface area contributed by atoms with Crippen molar-refractivity contribution in [3.05, 3.63) is 29.8 Å². The molecular formula is C11H14BrNO2. The number of alkyl halides is 1. The second kappa shape index (κ2) is 6.45. The predicted molar refractivity (Wildman–Crippen MR) is 63.5 cm³/mol. The number of amides is 1. The largest absolute Gasteiger partial charge is 0.496 e. The number of para-hydroxylation sites is 1. The van der Waals surface area contributed by atoms with Gasteiger partial charge in [0.25, 0.3) is 0 Å². The highest BCUT2D eigenvalue weighted by Gasteiger charge is 2.02. The number of benzene rings is 1. The van der Waals surface area contributed by atoms with Crippen molar-refractivity contribution in [2.75, 3.05) is 19.0 Å². The first-order valence-corrected chi connectivity index (χ1v) is 5.84. The lowest BCUT2D eigenvalue weighted by Gasteiger charge is -2.08. The summed E-state index contributed by atoms with van der Waals surface area (Å²) in [4.78, 5) is 11.0. The molecule has 1 aromatic rings. The summed E-state index contributed by atoms with van der Waals surface area (Å²) in [6.45, 7) is 0.630. The van der Waals surface area contributed by atoms with Gasteiger partial charge in [0.05, 0.1) is 12.4 Å². The zero-order valence-electron chi connectivity index (χ0n) is 8.63. The van der Waals surface area contributed by atoms with Crippen LogP contribution in [0.3, 0.4) is 0 Å². The second-order valence-electron chi connectivity index (χ2n) is 3.05. The Balaban J connectivity index is 2.46. The highest BCUT2D eigenvalue weighted by atomic mass is 79.9. The number of halogens is 1. The molecule has 0 heterocycles. The number of carbonyl (C=O) groups is 1. The van der Waals surface area contributed by atoms with Gasteiger partial charge in [-0.15, -0.1) is 0 Å². The van der Waals surface area contributed by atoms with Gasteiger partial charge in [0.2, 0.25) is 5.91 Å². The highest BCUT2D eigenvalue weighted by Crippen LogP contribution is 2.17. The van der Waals surface area contributed by atoms with E-state index in [1.54, 1.807) is 7.11 Å². The van der Waals surface area contributed by atoms with E-state index >= 15 is 0 Å². The predicted octanol–water partition coefficient (Wildman–Crippen LogP) is 1.75. The van der Waals surface area contributed by atoms with Gasteiger partial charge in [-0.2, -0.15) is 0 Å². The molecule has 1 aromatic carbocycles. The normalized spacial score (nSPS) is 9.73. The van der Waals surface area contributed by atoms with Crippen LogP contribution in [0.15, 0.2) is 24.3 Å². The number of ether oxygens (including phenoxy) is 1. The summed E-state index contributed by atoms with van der Waals surface area (Å²) in [5.74, 6) is 0.871. The molecule has 82 valence electrons. The molecule has 0 aliphatic rings. The number of rotatable bonds is 5. The topological polar surface area (TPSA) is 38.3 Å². The van der Waals surface area contributed by atoms with Gasteiger partial charge in [-0.3, -0.25) is 4.79 Å². The van der Waals surface area contributed by atoms with Gasteiger partial charge in [-0.25, -0.2) is 0 Å². The molecule has 0 saturated carbocycles. The van der Waals surface area contributed by atoms with Crippen molar-refractivity contribution in [3.8, 4) is 5.75 Å². The Kier molecular flexibility index (Phi) is 5.18. The van der Waals surface area contributed by atoms with E-state index < -0.39 is 0 Å². The zero-order chi connectivity index (χ0) is 11.1. The molecule has 1 N–H and O–H groups in total. The lowest BCUT2D eigenvalue weighted by atomic mass is 10.1. The Hall–Kier alpha value is -1.03. The Morgan fingerprint density at radius 3 is 2.87 bits per heavy atom. The van der Waals surface area contributed by atoms with E-state index in [0.717, 1.165) is 17.7 Å². The third-order valence-electron chi connectivity index (χ3n) is 2.03. The van der Waals surface area contributed by atoms with Gasteiger partial charge in [0.1, 0.15) is 5.75 Å². The maximum Gasteiger partial charge on any atom is 0.230 e. The molecule has 0 aliphatic carbocycles. The highest BCUT2D eigenvalue weighted by molar-refractivity contribution is 9.09. The van der Waals surface area contributed by atoms with Crippen molar-refractivity contribution in [2.24, 2.45) is 0 Å². The average molecular weight is 272 g/mol. The van der Waals surface area contributed by atoms with Crippen LogP contribution in [0.4, 0.5) is 0 Å². The summed E-state index contributed by atoms with van der Waals surface area (Å²) in [6.07, 6.45) is 0.781. The number of carbonyl (C=O) groups excluding carboxylic acids is 1. The first-order chi connectivity index (χ1) is 7.27. The van der Waals surface area contributed by atoms with Crippen LogP contribution < -0.4 is 10.1 Å². The summed E-state index contributed by atoms with van der Waals surface area (Å²) in [5, 5.41) is 3.14. The molecule has 1 amide bonds.